The number of ether oxygens (including phenoxy) is 1. The van der Waals surface area contributed by atoms with Crippen molar-refractivity contribution in [2.24, 2.45) is 0 Å². The van der Waals surface area contributed by atoms with Gasteiger partial charge in [0.05, 0.1) is 40.9 Å². The summed E-state index contributed by atoms with van der Waals surface area (Å²) in [6, 6.07) is 8.03. The molecule has 0 spiro atoms. The standard InChI is InChI=1S/C23H25ClN6O4S/c1-3-34-22-16-11-12-29(35(32,33)15-9-7-14(2)8-10-15)21(16)27-23(28-22)26-17-13-25-30(20(17)24)18-5-4-6-19(18)31/h7-13,18-19,31H,3-6H2,1-2H3,(H,26,27,28). The lowest BCUT2D eigenvalue weighted by Crippen LogP contribution is -2.19. The van der Waals surface area contributed by atoms with Crippen LogP contribution in [0, 0.1) is 6.92 Å². The van der Waals surface area contributed by atoms with E-state index >= 15 is 0 Å². The van der Waals surface area contributed by atoms with E-state index in [1.54, 1.807) is 35.0 Å². The van der Waals surface area contributed by atoms with Crippen molar-refractivity contribution in [3.05, 3.63) is 53.4 Å². The fourth-order valence-electron chi connectivity index (χ4n) is 4.27. The number of aryl methyl sites for hydroxylation is 1. The van der Waals surface area contributed by atoms with E-state index in [4.69, 9.17) is 16.3 Å². The van der Waals surface area contributed by atoms with Crippen molar-refractivity contribution in [3.63, 3.8) is 0 Å². The van der Waals surface area contributed by atoms with Crippen LogP contribution in [-0.4, -0.2) is 50.0 Å². The van der Waals surface area contributed by atoms with Crippen LogP contribution in [0.2, 0.25) is 5.15 Å². The fraction of sp³-hybridized carbons (Fsp3) is 0.348. The second kappa shape index (κ2) is 9.14. The van der Waals surface area contributed by atoms with Gasteiger partial charge in [0.2, 0.25) is 11.8 Å². The largest absolute Gasteiger partial charge is 0.477 e. The van der Waals surface area contributed by atoms with Crippen molar-refractivity contribution in [1.29, 1.82) is 0 Å². The van der Waals surface area contributed by atoms with Crippen LogP contribution in [0.4, 0.5) is 11.6 Å². The molecule has 0 bridgehead atoms. The maximum atomic E-state index is 13.4. The molecule has 1 aromatic carbocycles. The molecule has 0 radical (unpaired) electrons. The number of benzene rings is 1. The first-order chi connectivity index (χ1) is 16.8. The van der Waals surface area contributed by atoms with Crippen LogP contribution in [0.15, 0.2) is 47.6 Å². The first kappa shape index (κ1) is 23.6. The first-order valence-electron chi connectivity index (χ1n) is 11.3. The zero-order valence-electron chi connectivity index (χ0n) is 19.2. The first-order valence-corrected chi connectivity index (χ1v) is 13.1. The predicted molar refractivity (Wildman–Crippen MR) is 132 cm³/mol. The van der Waals surface area contributed by atoms with Gasteiger partial charge in [-0.15, -0.1) is 0 Å². The van der Waals surface area contributed by atoms with Crippen LogP contribution in [0.5, 0.6) is 5.88 Å². The Morgan fingerprint density at radius 3 is 2.66 bits per heavy atom. The van der Waals surface area contributed by atoms with Gasteiger partial charge in [0, 0.05) is 6.20 Å². The number of fused-ring (bicyclic) bond motifs is 1. The fourth-order valence-corrected chi connectivity index (χ4v) is 5.83. The summed E-state index contributed by atoms with van der Waals surface area (Å²) >= 11 is 6.55. The van der Waals surface area contributed by atoms with Crippen molar-refractivity contribution in [2.45, 2.75) is 50.2 Å². The summed E-state index contributed by atoms with van der Waals surface area (Å²) in [4.78, 5) is 9.06. The number of hydrogen-bond acceptors (Lipinski definition) is 8. The minimum Gasteiger partial charge on any atom is -0.477 e. The second-order valence-electron chi connectivity index (χ2n) is 8.44. The molecule has 1 aliphatic rings. The molecule has 3 heterocycles. The molecule has 184 valence electrons. The average molecular weight is 517 g/mol. The monoisotopic (exact) mass is 516 g/mol. The molecule has 2 N–H and O–H groups in total. The Hall–Kier alpha value is -3.15. The number of aromatic nitrogens is 5. The second-order valence-corrected chi connectivity index (χ2v) is 10.6. The molecule has 2 unspecified atom stereocenters. The van der Waals surface area contributed by atoms with Crippen LogP contribution in [0.3, 0.4) is 0 Å². The van der Waals surface area contributed by atoms with Gasteiger partial charge in [0.25, 0.3) is 10.0 Å². The zero-order chi connectivity index (χ0) is 24.7. The van der Waals surface area contributed by atoms with E-state index in [1.807, 2.05) is 13.8 Å². The zero-order valence-corrected chi connectivity index (χ0v) is 20.8. The molecule has 3 aromatic heterocycles. The Labute approximate surface area is 207 Å². The van der Waals surface area contributed by atoms with Crippen molar-refractivity contribution in [3.8, 4) is 5.88 Å². The average Bonchev–Trinajstić information content (AvgIpc) is 3.54. The highest BCUT2D eigenvalue weighted by Crippen LogP contribution is 2.36. The molecule has 1 saturated carbocycles. The van der Waals surface area contributed by atoms with E-state index < -0.39 is 16.1 Å². The third kappa shape index (κ3) is 4.24. The summed E-state index contributed by atoms with van der Waals surface area (Å²) in [5.41, 5.74) is 1.56. The van der Waals surface area contributed by atoms with Crippen LogP contribution in [0.1, 0.15) is 37.8 Å². The highest BCUT2D eigenvalue weighted by Gasteiger charge is 2.30. The number of aliphatic hydroxyl groups excluding tert-OH is 1. The third-order valence-electron chi connectivity index (χ3n) is 6.07. The van der Waals surface area contributed by atoms with Crippen molar-refractivity contribution in [1.82, 2.24) is 23.7 Å². The van der Waals surface area contributed by atoms with Crippen LogP contribution in [-0.2, 0) is 10.0 Å². The highest BCUT2D eigenvalue weighted by molar-refractivity contribution is 7.90. The number of halogens is 1. The summed E-state index contributed by atoms with van der Waals surface area (Å²) in [5.74, 6) is 0.348. The Morgan fingerprint density at radius 2 is 1.97 bits per heavy atom. The molecule has 12 heteroatoms. The normalized spacial score (nSPS) is 18.3. The van der Waals surface area contributed by atoms with Gasteiger partial charge in [0.1, 0.15) is 0 Å². The molecule has 5 rings (SSSR count). The predicted octanol–water partition coefficient (Wildman–Crippen LogP) is 4.05. The minimum absolute atomic E-state index is 0.105. The summed E-state index contributed by atoms with van der Waals surface area (Å²) < 4.78 is 35.1. The molecular formula is C23H25ClN6O4S. The number of hydrogen-bond donors (Lipinski definition) is 2. The molecule has 0 saturated heterocycles. The summed E-state index contributed by atoms with van der Waals surface area (Å²) in [7, 11) is -3.91. The van der Waals surface area contributed by atoms with E-state index in [-0.39, 0.29) is 28.4 Å². The van der Waals surface area contributed by atoms with Gasteiger partial charge in [-0.25, -0.2) is 17.1 Å². The lowest BCUT2D eigenvalue weighted by Gasteiger charge is -2.16. The van der Waals surface area contributed by atoms with Gasteiger partial charge in [-0.2, -0.15) is 15.1 Å². The summed E-state index contributed by atoms with van der Waals surface area (Å²) in [6.07, 6.45) is 4.84. The Balaban J connectivity index is 1.56. The molecule has 2 atom stereocenters. The summed E-state index contributed by atoms with van der Waals surface area (Å²) in [5, 5.41) is 18.4. The molecular weight excluding hydrogens is 492 g/mol. The Morgan fingerprint density at radius 1 is 1.20 bits per heavy atom. The maximum Gasteiger partial charge on any atom is 0.269 e. The van der Waals surface area contributed by atoms with Gasteiger partial charge in [0.15, 0.2) is 10.8 Å². The highest BCUT2D eigenvalue weighted by atomic mass is 35.5. The van der Waals surface area contributed by atoms with Gasteiger partial charge >= 0.3 is 0 Å². The van der Waals surface area contributed by atoms with E-state index in [1.165, 1.54) is 12.4 Å². The molecule has 1 fully saturated rings. The van der Waals surface area contributed by atoms with Crippen molar-refractivity contribution < 1.29 is 18.3 Å². The molecule has 0 aliphatic heterocycles. The van der Waals surface area contributed by atoms with Gasteiger partial charge < -0.3 is 15.2 Å². The third-order valence-corrected chi connectivity index (χ3v) is 8.13. The smallest absolute Gasteiger partial charge is 0.269 e. The quantitative estimate of drug-likeness (QED) is 0.377. The van der Waals surface area contributed by atoms with Crippen LogP contribution in [0.25, 0.3) is 11.0 Å². The summed E-state index contributed by atoms with van der Waals surface area (Å²) in [6.45, 7) is 4.04. The van der Waals surface area contributed by atoms with Gasteiger partial charge in [-0.05, 0) is 51.3 Å². The van der Waals surface area contributed by atoms with Gasteiger partial charge in [-0.1, -0.05) is 29.3 Å². The van der Waals surface area contributed by atoms with E-state index in [9.17, 15) is 13.5 Å². The molecule has 4 aromatic rings. The molecule has 35 heavy (non-hydrogen) atoms. The lowest BCUT2D eigenvalue weighted by molar-refractivity contribution is 0.130. The van der Waals surface area contributed by atoms with Crippen LogP contribution >= 0.6 is 11.6 Å². The minimum atomic E-state index is -3.91. The number of anilines is 2. The number of nitrogens with zero attached hydrogens (tertiary/aromatic N) is 5. The number of aliphatic hydroxyl groups is 1. The molecule has 0 amide bonds. The molecule has 10 nitrogen and oxygen atoms in total. The molecule has 1 aliphatic carbocycles. The van der Waals surface area contributed by atoms with Crippen LogP contribution < -0.4 is 10.1 Å². The number of rotatable bonds is 7. The Bertz CT molecular complexity index is 1480. The number of nitrogens with one attached hydrogen (secondary N) is 1. The van der Waals surface area contributed by atoms with Crippen molar-refractivity contribution in [2.75, 3.05) is 11.9 Å². The topological polar surface area (TPSA) is 124 Å². The van der Waals surface area contributed by atoms with E-state index in [0.717, 1.165) is 22.4 Å². The van der Waals surface area contributed by atoms with E-state index in [2.05, 4.69) is 20.4 Å². The lowest BCUT2D eigenvalue weighted by atomic mass is 10.2. The van der Waals surface area contributed by atoms with E-state index in [0.29, 0.717) is 29.3 Å². The van der Waals surface area contributed by atoms with Crippen molar-refractivity contribution >= 4 is 44.3 Å². The maximum absolute atomic E-state index is 13.4. The van der Waals surface area contributed by atoms with Gasteiger partial charge in [-0.3, -0.25) is 0 Å². The SMILES string of the molecule is CCOc1nc(Nc2cnn(C3CCCC3O)c2Cl)nc2c1ccn2S(=O)(=O)c1ccc(C)cc1. The Kier molecular flexibility index (Phi) is 6.16.